The summed E-state index contributed by atoms with van der Waals surface area (Å²) in [6, 6.07) is 16.2. The lowest BCUT2D eigenvalue weighted by Gasteiger charge is -2.01. The Kier molecular flexibility index (Phi) is 75.7. The van der Waals surface area contributed by atoms with Gasteiger partial charge in [0.05, 0.1) is 41.0 Å². The van der Waals surface area contributed by atoms with Gasteiger partial charge in [-0.2, -0.15) is 0 Å². The van der Waals surface area contributed by atoms with E-state index in [4.69, 9.17) is 4.42 Å². The lowest BCUT2D eigenvalue weighted by atomic mass is 10.2. The zero-order chi connectivity index (χ0) is 55.9. The molecule has 0 spiro atoms. The van der Waals surface area contributed by atoms with E-state index in [1.165, 1.54) is 28.8 Å². The molecule has 9 aromatic rings. The third-order valence-corrected chi connectivity index (χ3v) is 7.43. The molecule has 0 saturated carbocycles. The van der Waals surface area contributed by atoms with Crippen LogP contribution in [0.25, 0.3) is 0 Å². The van der Waals surface area contributed by atoms with E-state index in [1.807, 2.05) is 188 Å². The van der Waals surface area contributed by atoms with Crippen molar-refractivity contribution in [1.29, 1.82) is 0 Å². The fourth-order valence-corrected chi connectivity index (χ4v) is 4.32. The Balaban J connectivity index is -0.000000128. The molecule has 0 radical (unpaired) electrons. The molecule has 8 aromatic heterocycles. The Morgan fingerprint density at radius 1 is 0.535 bits per heavy atom. The van der Waals surface area contributed by atoms with E-state index in [-0.39, 0.29) is 0 Å². The summed E-state index contributed by atoms with van der Waals surface area (Å²) >= 11 is 3.30. The lowest BCUT2D eigenvalue weighted by Crippen LogP contribution is -1.95. The number of aryl methyl sites for hydroxylation is 8. The normalized spacial score (nSPS) is 7.77. The van der Waals surface area contributed by atoms with Crippen molar-refractivity contribution in [1.82, 2.24) is 40.0 Å². The van der Waals surface area contributed by atoms with Gasteiger partial charge in [0, 0.05) is 58.8 Å². The van der Waals surface area contributed by atoms with Gasteiger partial charge < -0.3 is 27.0 Å². The van der Waals surface area contributed by atoms with Crippen molar-refractivity contribution in [2.75, 3.05) is 0 Å². The highest BCUT2D eigenvalue weighted by atomic mass is 32.1. The van der Waals surface area contributed by atoms with Gasteiger partial charge in [0.15, 0.2) is 12.8 Å². The summed E-state index contributed by atoms with van der Waals surface area (Å²) in [6.07, 6.45) is 18.6. The maximum atomic E-state index is 4.72. The first-order valence-corrected chi connectivity index (χ1v) is 26.6. The molecule has 0 unspecified atom stereocenters. The number of aromatic nitrogens is 8. The van der Waals surface area contributed by atoms with Gasteiger partial charge in [-0.25, -0.2) is 9.97 Å². The Labute approximate surface area is 439 Å². The van der Waals surface area contributed by atoms with Crippen molar-refractivity contribution in [2.24, 2.45) is 0 Å². The zero-order valence-electron chi connectivity index (χ0n) is 48.3. The molecular weight excluding hydrogens is 929 g/mol. The average molecular weight is 1030 g/mol. The van der Waals surface area contributed by atoms with E-state index in [2.05, 4.69) is 108 Å². The number of hydrogen-bond acceptors (Lipinski definition) is 14. The van der Waals surface area contributed by atoms with Crippen LogP contribution in [0.5, 0.6) is 0 Å². The van der Waals surface area contributed by atoms with E-state index in [1.54, 1.807) is 72.2 Å². The number of rotatable bonds is 2. The van der Waals surface area contributed by atoms with Crippen molar-refractivity contribution >= 4 is 22.7 Å². The molecule has 0 atom stereocenters. The quantitative estimate of drug-likeness (QED) is 0.161. The van der Waals surface area contributed by atoms with Crippen molar-refractivity contribution in [3.8, 4) is 0 Å². The zero-order valence-corrected chi connectivity index (χ0v) is 50.0. The van der Waals surface area contributed by atoms with Crippen LogP contribution >= 0.6 is 22.7 Å². The molecule has 13 nitrogen and oxygen atoms in total. The van der Waals surface area contributed by atoms with Crippen LogP contribution in [0, 0.1) is 55.4 Å². The lowest BCUT2D eigenvalue weighted by molar-refractivity contribution is 0.397. The molecule has 1 aromatic carbocycles. The average Bonchev–Trinajstić information content (AvgIpc) is 4.27. The molecule has 0 N–H and O–H groups in total. The number of thiazole rings is 2. The van der Waals surface area contributed by atoms with Crippen LogP contribution in [0.2, 0.25) is 0 Å². The first-order valence-electron chi connectivity index (χ1n) is 24.8. The van der Waals surface area contributed by atoms with Crippen molar-refractivity contribution < 1.29 is 22.4 Å². The first kappa shape index (κ1) is 79.0. The Bertz CT molecular complexity index is 1730. The summed E-state index contributed by atoms with van der Waals surface area (Å²) in [5, 5.41) is 12.4. The number of benzene rings is 1. The number of oxazole rings is 2. The topological polar surface area (TPSA) is 161 Å². The summed E-state index contributed by atoms with van der Waals surface area (Å²) in [5.74, 6) is 1.71. The number of hydrogen-bond donors (Lipinski definition) is 0. The monoisotopic (exact) mass is 1020 g/mol. The van der Waals surface area contributed by atoms with E-state index < -0.39 is 0 Å². The SMILES string of the molecule is CC.CC.CC.CC.CC.CC.CC.CC.Cc1ccn(Cc2ccccc2)c1.Cc1ccno1.Cc1ccon1.Cc1cnco1.Cc1cncs1.Cc1cnoc1.Cc1cocn1.Cc1cscn1. The minimum Gasteiger partial charge on any atom is -0.452 e. The fourth-order valence-electron chi connectivity index (χ4n) is 3.37. The highest BCUT2D eigenvalue weighted by molar-refractivity contribution is 7.09. The molecule has 15 heteroatoms. The second-order valence-electron chi connectivity index (χ2n) is 11.3. The summed E-state index contributed by atoms with van der Waals surface area (Å²) in [5.41, 5.74) is 10.3. The van der Waals surface area contributed by atoms with Gasteiger partial charge in [-0.05, 0) is 72.6 Å². The third kappa shape index (κ3) is 59.9. The molecule has 0 amide bonds. The molecule has 9 rings (SSSR count). The van der Waals surface area contributed by atoms with Gasteiger partial charge in [-0.3, -0.25) is 9.97 Å². The largest absolute Gasteiger partial charge is 0.452 e. The van der Waals surface area contributed by atoms with Crippen molar-refractivity contribution in [3.63, 3.8) is 0 Å². The molecule has 0 fully saturated rings. The van der Waals surface area contributed by atoms with Gasteiger partial charge in [-0.15, -0.1) is 22.7 Å². The molecule has 8 heterocycles. The minimum atomic E-state index is 0.856. The maximum absolute atomic E-state index is 4.72. The third-order valence-electron chi connectivity index (χ3n) is 6.02. The highest BCUT2D eigenvalue weighted by Gasteiger charge is 1.93. The standard InChI is InChI=1S/C12H13N.5C4H5NO.2C4H5NS.8C2H6/c1-11-7-8-13(9-11)10-12-5-3-2-4-6-12;1-4-2-6-3-5-4;1-4-2-5-3-6-4;1-4-2-5-6-3-4;1-4-2-3-6-5-4;1-4-2-3-5-6-4;1-4-2-6-3-5-4;1-4-2-5-3-6-4;8*1-2/h2-9H,10H2,1H3;7*2-3H,1H3;8*1-2H3. The molecule has 0 aliphatic heterocycles. The smallest absolute Gasteiger partial charge is 0.180 e. The summed E-state index contributed by atoms with van der Waals surface area (Å²) in [4.78, 5) is 16.5. The van der Waals surface area contributed by atoms with Crippen LogP contribution in [0.4, 0.5) is 0 Å². The number of nitrogens with zero attached hydrogens (tertiary/aromatic N) is 8. The molecule has 71 heavy (non-hydrogen) atoms. The van der Waals surface area contributed by atoms with Gasteiger partial charge in [0.2, 0.25) is 0 Å². The van der Waals surface area contributed by atoms with E-state index in [9.17, 15) is 0 Å². The predicted molar refractivity (Wildman–Crippen MR) is 305 cm³/mol. The Hall–Kier alpha value is -6.19. The second kappa shape index (κ2) is 68.1. The van der Waals surface area contributed by atoms with Crippen LogP contribution in [0.1, 0.15) is 161 Å². The molecule has 0 bridgehead atoms. The molecule has 0 aliphatic carbocycles. The predicted octanol–water partition coefficient (Wildman–Crippen LogP) is 18.9. The van der Waals surface area contributed by atoms with Crippen LogP contribution in [-0.2, 0) is 6.54 Å². The summed E-state index contributed by atoms with van der Waals surface area (Å²) in [6.45, 7) is 48.5. The Morgan fingerprint density at radius 3 is 1.38 bits per heavy atom. The van der Waals surface area contributed by atoms with Crippen LogP contribution < -0.4 is 0 Å². The second-order valence-corrected chi connectivity index (χ2v) is 13.1. The Morgan fingerprint density at radius 2 is 1.17 bits per heavy atom. The fraction of sp³-hybridized carbons (Fsp3) is 0.446. The van der Waals surface area contributed by atoms with Gasteiger partial charge >= 0.3 is 0 Å². The molecule has 402 valence electrons. The van der Waals surface area contributed by atoms with Crippen molar-refractivity contribution in [3.05, 3.63) is 184 Å². The first-order chi connectivity index (χ1) is 34.6. The molecule has 0 saturated heterocycles. The molecular formula is C56H96N8O5S2. The van der Waals surface area contributed by atoms with E-state index in [0.29, 0.717) is 0 Å². The minimum absolute atomic E-state index is 0.856. The summed E-state index contributed by atoms with van der Waals surface area (Å²) < 4.78 is 25.0. The summed E-state index contributed by atoms with van der Waals surface area (Å²) in [7, 11) is 0. The van der Waals surface area contributed by atoms with Gasteiger partial charge in [0.1, 0.15) is 30.3 Å². The van der Waals surface area contributed by atoms with Crippen LogP contribution in [-0.4, -0.2) is 40.0 Å². The van der Waals surface area contributed by atoms with Crippen molar-refractivity contribution in [2.45, 2.75) is 173 Å². The maximum Gasteiger partial charge on any atom is 0.180 e. The van der Waals surface area contributed by atoms with Crippen LogP contribution in [0.3, 0.4) is 0 Å². The highest BCUT2D eigenvalue weighted by Crippen LogP contribution is 2.05. The van der Waals surface area contributed by atoms with Gasteiger partial charge in [0.25, 0.3) is 0 Å². The van der Waals surface area contributed by atoms with E-state index >= 15 is 0 Å². The van der Waals surface area contributed by atoms with Crippen LogP contribution in [0.15, 0.2) is 156 Å². The van der Waals surface area contributed by atoms with E-state index in [0.717, 1.165) is 40.7 Å². The molecule has 0 aliphatic rings. The van der Waals surface area contributed by atoms with Gasteiger partial charge in [-0.1, -0.05) is 157 Å².